The first-order valence-corrected chi connectivity index (χ1v) is 5.97. The molecule has 0 unspecified atom stereocenters. The molecule has 1 aromatic rings. The van der Waals surface area contributed by atoms with Gasteiger partial charge in [-0.25, -0.2) is 9.53 Å². The van der Waals surface area contributed by atoms with Crippen molar-refractivity contribution in [3.63, 3.8) is 0 Å². The Morgan fingerprint density at radius 2 is 1.94 bits per heavy atom. The maximum atomic E-state index is 12.2. The lowest BCUT2D eigenvalue weighted by atomic mass is 9.99. The summed E-state index contributed by atoms with van der Waals surface area (Å²) in [6.07, 6.45) is 2.01. The standard InChI is InChI=1S/C12H18N2O3/c1-8-4-6-14(7-5-8)11(15)10-9(2)13(3)17-12(10)16/h8H,4-7H2,1-3H3. The number of aryl methyl sites for hydroxylation is 1. The van der Waals surface area contributed by atoms with Crippen molar-refractivity contribution in [2.24, 2.45) is 13.0 Å². The summed E-state index contributed by atoms with van der Waals surface area (Å²) >= 11 is 0. The lowest BCUT2D eigenvalue weighted by molar-refractivity contribution is 0.0694. The Morgan fingerprint density at radius 3 is 2.41 bits per heavy atom. The van der Waals surface area contributed by atoms with Crippen LogP contribution in [0.5, 0.6) is 0 Å². The molecule has 5 heteroatoms. The Bertz CT molecular complexity index is 478. The molecule has 0 bridgehead atoms. The number of nitrogens with zero attached hydrogens (tertiary/aromatic N) is 2. The predicted molar refractivity (Wildman–Crippen MR) is 63.0 cm³/mol. The van der Waals surface area contributed by atoms with E-state index in [4.69, 9.17) is 4.52 Å². The second kappa shape index (κ2) is 4.39. The minimum Gasteiger partial charge on any atom is -0.338 e. The number of aromatic nitrogens is 1. The third-order valence-corrected chi connectivity index (χ3v) is 3.54. The van der Waals surface area contributed by atoms with Crippen molar-refractivity contribution in [1.82, 2.24) is 9.64 Å². The third-order valence-electron chi connectivity index (χ3n) is 3.54. The molecule has 1 aliphatic rings. The van der Waals surface area contributed by atoms with Crippen LogP contribution in [0.4, 0.5) is 0 Å². The van der Waals surface area contributed by atoms with Crippen molar-refractivity contribution in [2.45, 2.75) is 26.7 Å². The normalized spacial score (nSPS) is 17.5. The fourth-order valence-corrected chi connectivity index (χ4v) is 2.16. The molecule has 1 amide bonds. The zero-order valence-electron chi connectivity index (χ0n) is 10.5. The summed E-state index contributed by atoms with van der Waals surface area (Å²) in [4.78, 5) is 25.5. The van der Waals surface area contributed by atoms with Gasteiger partial charge in [0.05, 0.1) is 5.69 Å². The van der Waals surface area contributed by atoms with E-state index in [1.54, 1.807) is 18.9 Å². The lowest BCUT2D eigenvalue weighted by Crippen LogP contribution is -2.39. The third kappa shape index (κ3) is 2.14. The van der Waals surface area contributed by atoms with E-state index in [0.717, 1.165) is 25.9 Å². The molecule has 1 aliphatic heterocycles. The van der Waals surface area contributed by atoms with Crippen LogP contribution in [0.3, 0.4) is 0 Å². The van der Waals surface area contributed by atoms with Crippen LogP contribution < -0.4 is 5.63 Å². The molecule has 0 atom stereocenters. The Kier molecular flexibility index (Phi) is 3.09. The van der Waals surface area contributed by atoms with E-state index in [1.165, 1.54) is 4.74 Å². The van der Waals surface area contributed by atoms with Crippen LogP contribution in [-0.2, 0) is 7.05 Å². The zero-order valence-corrected chi connectivity index (χ0v) is 10.5. The highest BCUT2D eigenvalue weighted by Gasteiger charge is 2.27. The van der Waals surface area contributed by atoms with Gasteiger partial charge in [0.25, 0.3) is 5.91 Å². The zero-order chi connectivity index (χ0) is 12.6. The van der Waals surface area contributed by atoms with E-state index in [0.29, 0.717) is 11.6 Å². The number of piperidine rings is 1. The smallest absolute Gasteiger partial charge is 0.338 e. The summed E-state index contributed by atoms with van der Waals surface area (Å²) < 4.78 is 6.24. The van der Waals surface area contributed by atoms with E-state index >= 15 is 0 Å². The van der Waals surface area contributed by atoms with Gasteiger partial charge in [-0.3, -0.25) is 4.79 Å². The first kappa shape index (κ1) is 12.0. The largest absolute Gasteiger partial charge is 0.370 e. The van der Waals surface area contributed by atoms with Crippen molar-refractivity contribution < 1.29 is 9.32 Å². The molecular formula is C12H18N2O3. The highest BCUT2D eigenvalue weighted by Crippen LogP contribution is 2.18. The number of carbonyl (C=O) groups excluding carboxylic acids is 1. The molecule has 0 radical (unpaired) electrons. The van der Waals surface area contributed by atoms with E-state index in [9.17, 15) is 9.59 Å². The predicted octanol–water partition coefficient (Wildman–Crippen LogP) is 1.16. The van der Waals surface area contributed by atoms with E-state index in [1.807, 2.05) is 0 Å². The average Bonchev–Trinajstić information content (AvgIpc) is 2.53. The van der Waals surface area contributed by atoms with Crippen LogP contribution >= 0.6 is 0 Å². The second-order valence-electron chi connectivity index (χ2n) is 4.81. The molecule has 0 N–H and O–H groups in total. The Labute approximate surface area is 100.0 Å². The molecular weight excluding hydrogens is 220 g/mol. The van der Waals surface area contributed by atoms with Crippen molar-refractivity contribution in [3.8, 4) is 0 Å². The maximum absolute atomic E-state index is 12.2. The molecule has 0 spiro atoms. The van der Waals surface area contributed by atoms with Crippen molar-refractivity contribution in [1.29, 1.82) is 0 Å². The van der Waals surface area contributed by atoms with Gasteiger partial charge < -0.3 is 9.42 Å². The monoisotopic (exact) mass is 238 g/mol. The molecule has 1 aromatic heterocycles. The van der Waals surface area contributed by atoms with E-state index < -0.39 is 5.63 Å². The topological polar surface area (TPSA) is 55.5 Å². The Balaban J connectivity index is 2.23. The summed E-state index contributed by atoms with van der Waals surface area (Å²) in [5.41, 5.74) is 0.245. The fraction of sp³-hybridized carbons (Fsp3) is 0.667. The van der Waals surface area contributed by atoms with E-state index in [-0.39, 0.29) is 11.5 Å². The number of amides is 1. The van der Waals surface area contributed by atoms with Crippen LogP contribution in [0, 0.1) is 12.8 Å². The summed E-state index contributed by atoms with van der Waals surface area (Å²) in [7, 11) is 1.63. The first-order chi connectivity index (χ1) is 8.00. The number of rotatable bonds is 1. The Hall–Kier alpha value is -1.52. The quantitative estimate of drug-likeness (QED) is 0.737. The number of hydrogen-bond acceptors (Lipinski definition) is 3. The summed E-state index contributed by atoms with van der Waals surface area (Å²) in [6.45, 7) is 5.37. The van der Waals surface area contributed by atoms with Crippen LogP contribution in [0.15, 0.2) is 9.32 Å². The maximum Gasteiger partial charge on any atom is 0.370 e. The lowest BCUT2D eigenvalue weighted by Gasteiger charge is -2.29. The van der Waals surface area contributed by atoms with Gasteiger partial charge in [-0.15, -0.1) is 0 Å². The highest BCUT2D eigenvalue weighted by molar-refractivity contribution is 5.94. The molecule has 2 rings (SSSR count). The first-order valence-electron chi connectivity index (χ1n) is 5.97. The SMILES string of the molecule is Cc1c(C(=O)N2CCC(C)CC2)c(=O)on1C. The average molecular weight is 238 g/mol. The van der Waals surface area contributed by atoms with Gasteiger partial charge in [-0.1, -0.05) is 6.92 Å². The number of carbonyl (C=O) groups is 1. The molecule has 0 aromatic carbocycles. The van der Waals surface area contributed by atoms with Gasteiger partial charge in [0.1, 0.15) is 5.56 Å². The summed E-state index contributed by atoms with van der Waals surface area (Å²) in [5.74, 6) is 0.469. The Morgan fingerprint density at radius 1 is 1.35 bits per heavy atom. The van der Waals surface area contributed by atoms with Crippen molar-refractivity contribution in [3.05, 3.63) is 21.7 Å². The molecule has 1 saturated heterocycles. The van der Waals surface area contributed by atoms with Crippen LogP contribution in [-0.4, -0.2) is 28.6 Å². The van der Waals surface area contributed by atoms with Gasteiger partial charge >= 0.3 is 5.63 Å². The fourth-order valence-electron chi connectivity index (χ4n) is 2.16. The van der Waals surface area contributed by atoms with Gasteiger partial charge in [-0.2, -0.15) is 0 Å². The molecule has 0 aliphatic carbocycles. The summed E-state index contributed by atoms with van der Waals surface area (Å²) in [6, 6.07) is 0. The summed E-state index contributed by atoms with van der Waals surface area (Å²) in [5, 5.41) is 0. The molecule has 0 saturated carbocycles. The number of likely N-dealkylation sites (tertiary alicyclic amines) is 1. The van der Waals surface area contributed by atoms with Gasteiger partial charge in [0.2, 0.25) is 0 Å². The van der Waals surface area contributed by atoms with Crippen molar-refractivity contribution in [2.75, 3.05) is 13.1 Å². The molecule has 94 valence electrons. The minimum atomic E-state index is -0.534. The van der Waals surface area contributed by atoms with Gasteiger partial charge in [-0.05, 0) is 25.7 Å². The molecule has 5 nitrogen and oxygen atoms in total. The highest BCUT2D eigenvalue weighted by atomic mass is 16.5. The molecule has 1 fully saturated rings. The van der Waals surface area contributed by atoms with Crippen molar-refractivity contribution >= 4 is 5.91 Å². The molecule has 2 heterocycles. The molecule has 17 heavy (non-hydrogen) atoms. The van der Waals surface area contributed by atoms with Crippen LogP contribution in [0.1, 0.15) is 35.8 Å². The van der Waals surface area contributed by atoms with Gasteiger partial charge in [0, 0.05) is 20.1 Å². The van der Waals surface area contributed by atoms with Crippen LogP contribution in [0.25, 0.3) is 0 Å². The van der Waals surface area contributed by atoms with Crippen LogP contribution in [0.2, 0.25) is 0 Å². The second-order valence-corrected chi connectivity index (χ2v) is 4.81. The van der Waals surface area contributed by atoms with Gasteiger partial charge in [0.15, 0.2) is 0 Å². The van der Waals surface area contributed by atoms with E-state index in [2.05, 4.69) is 6.92 Å². The number of hydrogen-bond donors (Lipinski definition) is 0. The minimum absolute atomic E-state index is 0.182.